The molecule has 3 aliphatic rings. The van der Waals surface area contributed by atoms with Crippen LogP contribution in [0.5, 0.6) is 5.75 Å². The van der Waals surface area contributed by atoms with Gasteiger partial charge in [0, 0.05) is 30.4 Å². The van der Waals surface area contributed by atoms with Gasteiger partial charge in [-0.2, -0.15) is 0 Å². The SMILES string of the molecule is COc1ccc2ccccc2c1N(C)[C@@H]1C2CCN(CC2)[C@@H]1C(c1ccccc1)c1ccccc1. The van der Waals surface area contributed by atoms with Crippen molar-refractivity contribution in [2.24, 2.45) is 5.92 Å². The maximum absolute atomic E-state index is 5.96. The first-order valence-corrected chi connectivity index (χ1v) is 12.9. The van der Waals surface area contributed by atoms with Crippen LogP contribution in [0.2, 0.25) is 0 Å². The Bertz CT molecular complexity index is 1240. The number of hydrogen-bond donors (Lipinski definition) is 0. The smallest absolute Gasteiger partial charge is 0.142 e. The number of nitrogens with zero attached hydrogens (tertiary/aromatic N) is 2. The average molecular weight is 463 g/mol. The summed E-state index contributed by atoms with van der Waals surface area (Å²) in [5.74, 6) is 1.93. The molecule has 3 heteroatoms. The molecule has 0 N–H and O–H groups in total. The van der Waals surface area contributed by atoms with Crippen molar-refractivity contribution in [1.29, 1.82) is 0 Å². The van der Waals surface area contributed by atoms with Gasteiger partial charge in [0.1, 0.15) is 5.75 Å². The molecular weight excluding hydrogens is 428 g/mol. The van der Waals surface area contributed by atoms with Gasteiger partial charge in [-0.05, 0) is 54.4 Å². The van der Waals surface area contributed by atoms with E-state index in [-0.39, 0.29) is 0 Å². The highest BCUT2D eigenvalue weighted by Gasteiger charge is 2.48. The highest BCUT2D eigenvalue weighted by atomic mass is 16.5. The van der Waals surface area contributed by atoms with E-state index < -0.39 is 0 Å². The maximum atomic E-state index is 5.96. The van der Waals surface area contributed by atoms with Crippen LogP contribution in [0, 0.1) is 5.92 Å². The third kappa shape index (κ3) is 3.88. The highest BCUT2D eigenvalue weighted by molar-refractivity contribution is 5.97. The van der Waals surface area contributed by atoms with Crippen molar-refractivity contribution in [3.63, 3.8) is 0 Å². The molecule has 2 atom stereocenters. The second-order valence-electron chi connectivity index (χ2n) is 10.1. The molecule has 35 heavy (non-hydrogen) atoms. The molecule has 178 valence electrons. The monoisotopic (exact) mass is 462 g/mol. The van der Waals surface area contributed by atoms with Gasteiger partial charge in [0.05, 0.1) is 12.8 Å². The Hall–Kier alpha value is -3.30. The molecule has 4 aromatic rings. The van der Waals surface area contributed by atoms with Gasteiger partial charge in [-0.3, -0.25) is 4.90 Å². The van der Waals surface area contributed by atoms with Gasteiger partial charge >= 0.3 is 0 Å². The topological polar surface area (TPSA) is 15.7 Å². The number of ether oxygens (including phenoxy) is 1. The number of benzene rings is 4. The molecule has 0 amide bonds. The molecule has 3 fully saturated rings. The number of rotatable bonds is 6. The van der Waals surface area contributed by atoms with Crippen molar-refractivity contribution in [3.05, 3.63) is 108 Å². The van der Waals surface area contributed by atoms with E-state index in [1.165, 1.54) is 53.5 Å². The minimum atomic E-state index is 0.314. The molecule has 0 radical (unpaired) electrons. The first-order chi connectivity index (χ1) is 17.3. The summed E-state index contributed by atoms with van der Waals surface area (Å²) in [6.45, 7) is 2.37. The number of methoxy groups -OCH3 is 1. The fraction of sp³-hybridized carbons (Fsp3) is 0.312. The normalized spacial score (nSPS) is 23.5. The van der Waals surface area contributed by atoms with E-state index >= 15 is 0 Å². The van der Waals surface area contributed by atoms with Crippen molar-refractivity contribution in [2.45, 2.75) is 30.8 Å². The van der Waals surface area contributed by atoms with Crippen LogP contribution in [0.1, 0.15) is 29.9 Å². The van der Waals surface area contributed by atoms with Gasteiger partial charge in [0.2, 0.25) is 0 Å². The van der Waals surface area contributed by atoms with Crippen molar-refractivity contribution < 1.29 is 4.74 Å². The Balaban J connectivity index is 1.51. The second-order valence-corrected chi connectivity index (χ2v) is 10.1. The van der Waals surface area contributed by atoms with Crippen molar-refractivity contribution >= 4 is 16.5 Å². The largest absolute Gasteiger partial charge is 0.495 e. The maximum Gasteiger partial charge on any atom is 0.142 e. The molecule has 3 heterocycles. The molecule has 2 bridgehead atoms. The van der Waals surface area contributed by atoms with E-state index in [1.807, 2.05) is 0 Å². The van der Waals surface area contributed by atoms with E-state index in [0.29, 0.717) is 23.9 Å². The average Bonchev–Trinajstić information content (AvgIpc) is 2.94. The standard InChI is InChI=1S/C32H34N2O/c1-33(31-27-16-10-9-11-23(27)17-18-28(31)35-2)30-26-19-21-34(22-20-26)32(30)29(24-12-5-3-6-13-24)25-14-7-4-8-15-25/h3-18,26,29-30,32H,19-22H2,1-2H3/t30-,32-/m1/s1. The molecule has 3 aliphatic heterocycles. The number of hydrogen-bond acceptors (Lipinski definition) is 3. The van der Waals surface area contributed by atoms with Gasteiger partial charge in [-0.25, -0.2) is 0 Å². The Morgan fingerprint density at radius 3 is 2.00 bits per heavy atom. The summed E-state index contributed by atoms with van der Waals surface area (Å²) in [5, 5.41) is 2.52. The van der Waals surface area contributed by atoms with Crippen molar-refractivity contribution in [2.75, 3.05) is 32.1 Å². The van der Waals surface area contributed by atoms with E-state index in [4.69, 9.17) is 4.74 Å². The molecule has 0 spiro atoms. The summed E-state index contributed by atoms with van der Waals surface area (Å²) < 4.78 is 5.96. The minimum absolute atomic E-state index is 0.314. The Morgan fingerprint density at radius 2 is 1.37 bits per heavy atom. The van der Waals surface area contributed by atoms with Crippen LogP contribution in [-0.4, -0.2) is 44.2 Å². The van der Waals surface area contributed by atoms with Crippen molar-refractivity contribution in [3.8, 4) is 5.75 Å². The summed E-state index contributed by atoms with van der Waals surface area (Å²) in [7, 11) is 4.10. The molecule has 0 unspecified atom stereocenters. The molecule has 4 aromatic carbocycles. The zero-order chi connectivity index (χ0) is 23.8. The van der Waals surface area contributed by atoms with Crippen LogP contribution in [-0.2, 0) is 0 Å². The molecule has 7 rings (SSSR count). The molecular formula is C32H34N2O. The Morgan fingerprint density at radius 1 is 0.771 bits per heavy atom. The lowest BCUT2D eigenvalue weighted by Gasteiger charge is -2.57. The van der Waals surface area contributed by atoms with Crippen molar-refractivity contribution in [1.82, 2.24) is 4.90 Å². The van der Waals surface area contributed by atoms with E-state index in [9.17, 15) is 0 Å². The lowest BCUT2D eigenvalue weighted by molar-refractivity contribution is 0.0186. The first-order valence-electron chi connectivity index (χ1n) is 12.9. The zero-order valence-corrected chi connectivity index (χ0v) is 20.7. The summed E-state index contributed by atoms with van der Waals surface area (Å²) in [6, 6.07) is 36.1. The van der Waals surface area contributed by atoms with E-state index in [1.54, 1.807) is 7.11 Å². The second kappa shape index (κ2) is 9.39. The van der Waals surface area contributed by atoms with Crippen LogP contribution in [0.15, 0.2) is 97.1 Å². The van der Waals surface area contributed by atoms with Gasteiger partial charge in [0.25, 0.3) is 0 Å². The third-order valence-corrected chi connectivity index (χ3v) is 8.37. The van der Waals surface area contributed by atoms with Crippen LogP contribution in [0.25, 0.3) is 10.8 Å². The van der Waals surface area contributed by atoms with Gasteiger partial charge < -0.3 is 9.64 Å². The highest BCUT2D eigenvalue weighted by Crippen LogP contribution is 2.47. The summed E-state index contributed by atoms with van der Waals surface area (Å²) in [6.07, 6.45) is 2.52. The Labute approximate surface area is 208 Å². The molecule has 0 aromatic heterocycles. The van der Waals surface area contributed by atoms with Crippen LogP contribution < -0.4 is 9.64 Å². The predicted octanol–water partition coefficient (Wildman–Crippen LogP) is 6.58. The summed E-state index contributed by atoms with van der Waals surface area (Å²) in [4.78, 5) is 5.34. The fourth-order valence-corrected chi connectivity index (χ4v) is 6.83. The Kier molecular flexibility index (Phi) is 5.95. The minimum Gasteiger partial charge on any atom is -0.495 e. The zero-order valence-electron chi connectivity index (χ0n) is 20.7. The number of anilines is 1. The van der Waals surface area contributed by atoms with Crippen LogP contribution in [0.3, 0.4) is 0 Å². The predicted molar refractivity (Wildman–Crippen MR) is 146 cm³/mol. The molecule has 3 saturated heterocycles. The van der Waals surface area contributed by atoms with Crippen LogP contribution in [0.4, 0.5) is 5.69 Å². The number of likely N-dealkylation sites (N-methyl/N-ethyl adjacent to an activating group) is 1. The molecule has 3 nitrogen and oxygen atoms in total. The lowest BCUT2D eigenvalue weighted by atomic mass is 9.70. The molecule has 0 saturated carbocycles. The lowest BCUT2D eigenvalue weighted by Crippen LogP contribution is -2.65. The van der Waals surface area contributed by atoms with E-state index in [2.05, 4.69) is 114 Å². The van der Waals surface area contributed by atoms with Gasteiger partial charge in [0.15, 0.2) is 0 Å². The number of piperidine rings is 3. The van der Waals surface area contributed by atoms with Gasteiger partial charge in [-0.1, -0.05) is 91.0 Å². The van der Waals surface area contributed by atoms with Crippen LogP contribution >= 0.6 is 0 Å². The quantitative estimate of drug-likeness (QED) is 0.322. The van der Waals surface area contributed by atoms with E-state index in [0.717, 1.165) is 5.75 Å². The summed E-state index contributed by atoms with van der Waals surface area (Å²) in [5.41, 5.74) is 4.02. The fourth-order valence-electron chi connectivity index (χ4n) is 6.83. The summed E-state index contributed by atoms with van der Waals surface area (Å²) >= 11 is 0. The number of fused-ring (bicyclic) bond motifs is 4. The van der Waals surface area contributed by atoms with Gasteiger partial charge in [-0.15, -0.1) is 0 Å². The first kappa shape index (κ1) is 22.2. The molecule has 0 aliphatic carbocycles. The third-order valence-electron chi connectivity index (χ3n) is 8.37.